The van der Waals surface area contributed by atoms with Crippen molar-refractivity contribution in [1.29, 1.82) is 0 Å². The fourth-order valence-electron chi connectivity index (χ4n) is 2.84. The molecule has 1 atom stereocenters. The van der Waals surface area contributed by atoms with Crippen LogP contribution in [0.4, 0.5) is 0 Å². The molecule has 3 rings (SSSR count). The second-order valence-corrected chi connectivity index (χ2v) is 7.56. The molecule has 1 unspecified atom stereocenters. The van der Waals surface area contributed by atoms with Gasteiger partial charge in [0.05, 0.1) is 4.90 Å². The lowest BCUT2D eigenvalue weighted by molar-refractivity contribution is 0.281. The maximum absolute atomic E-state index is 12.7. The van der Waals surface area contributed by atoms with Gasteiger partial charge in [0, 0.05) is 13.1 Å². The van der Waals surface area contributed by atoms with Crippen molar-refractivity contribution in [2.45, 2.75) is 24.7 Å². The Kier molecular flexibility index (Phi) is 3.52. The highest BCUT2D eigenvalue weighted by molar-refractivity contribution is 7.89. The topological polar surface area (TPSA) is 37.4 Å². The SMILES string of the molecule is CC1CCCN(S(=O)(=O)c2ccc3ccccc3c2)C1. The zero-order valence-electron chi connectivity index (χ0n) is 11.6. The van der Waals surface area contributed by atoms with Gasteiger partial charge in [-0.05, 0) is 41.7 Å². The molecule has 0 radical (unpaired) electrons. The summed E-state index contributed by atoms with van der Waals surface area (Å²) < 4.78 is 27.0. The minimum Gasteiger partial charge on any atom is -0.207 e. The van der Waals surface area contributed by atoms with Crippen LogP contribution in [0.15, 0.2) is 47.4 Å². The van der Waals surface area contributed by atoms with Gasteiger partial charge in [-0.15, -0.1) is 0 Å². The minimum absolute atomic E-state index is 0.408. The van der Waals surface area contributed by atoms with Crippen molar-refractivity contribution in [2.24, 2.45) is 5.92 Å². The highest BCUT2D eigenvalue weighted by atomic mass is 32.2. The van der Waals surface area contributed by atoms with Gasteiger partial charge >= 0.3 is 0 Å². The highest BCUT2D eigenvalue weighted by Gasteiger charge is 2.28. The summed E-state index contributed by atoms with van der Waals surface area (Å²) >= 11 is 0. The fourth-order valence-corrected chi connectivity index (χ4v) is 4.48. The molecular formula is C16H19NO2S. The van der Waals surface area contributed by atoms with Crippen LogP contribution in [0.1, 0.15) is 19.8 Å². The van der Waals surface area contributed by atoms with E-state index in [-0.39, 0.29) is 0 Å². The molecule has 2 aromatic rings. The lowest BCUT2D eigenvalue weighted by Gasteiger charge is -2.30. The first-order valence-corrected chi connectivity index (χ1v) is 8.50. The van der Waals surface area contributed by atoms with Crippen LogP contribution in [0.5, 0.6) is 0 Å². The van der Waals surface area contributed by atoms with E-state index in [1.807, 2.05) is 30.3 Å². The third-order valence-electron chi connectivity index (χ3n) is 3.98. The molecule has 1 aliphatic rings. The van der Waals surface area contributed by atoms with E-state index in [1.165, 1.54) is 0 Å². The summed E-state index contributed by atoms with van der Waals surface area (Å²) in [5.74, 6) is 0.444. The van der Waals surface area contributed by atoms with Crippen LogP contribution >= 0.6 is 0 Å². The number of benzene rings is 2. The molecule has 1 aliphatic heterocycles. The lowest BCUT2D eigenvalue weighted by Crippen LogP contribution is -2.39. The molecule has 0 spiro atoms. The van der Waals surface area contributed by atoms with Gasteiger partial charge in [-0.1, -0.05) is 37.3 Å². The number of hydrogen-bond donors (Lipinski definition) is 0. The van der Waals surface area contributed by atoms with E-state index in [0.717, 1.165) is 23.6 Å². The molecule has 0 aromatic heterocycles. The molecule has 20 heavy (non-hydrogen) atoms. The average molecular weight is 289 g/mol. The second-order valence-electron chi connectivity index (χ2n) is 5.62. The van der Waals surface area contributed by atoms with E-state index in [1.54, 1.807) is 16.4 Å². The van der Waals surface area contributed by atoms with E-state index in [2.05, 4.69) is 6.92 Å². The van der Waals surface area contributed by atoms with Crippen LogP contribution in [0, 0.1) is 5.92 Å². The third kappa shape index (κ3) is 2.45. The molecular weight excluding hydrogens is 270 g/mol. The maximum atomic E-state index is 12.7. The average Bonchev–Trinajstić information content (AvgIpc) is 2.46. The summed E-state index contributed by atoms with van der Waals surface area (Å²) in [4.78, 5) is 0.408. The monoisotopic (exact) mass is 289 g/mol. The van der Waals surface area contributed by atoms with Gasteiger partial charge in [-0.3, -0.25) is 0 Å². The van der Waals surface area contributed by atoms with Crippen molar-refractivity contribution >= 4 is 20.8 Å². The Hall–Kier alpha value is -1.39. The quantitative estimate of drug-likeness (QED) is 0.851. The Bertz CT molecular complexity index is 724. The summed E-state index contributed by atoms with van der Waals surface area (Å²) in [5.41, 5.74) is 0. The number of sulfonamides is 1. The number of nitrogens with zero attached hydrogens (tertiary/aromatic N) is 1. The summed E-state index contributed by atoms with van der Waals surface area (Å²) in [7, 11) is -3.35. The first-order chi connectivity index (χ1) is 9.57. The zero-order chi connectivity index (χ0) is 14.2. The minimum atomic E-state index is -3.35. The van der Waals surface area contributed by atoms with Gasteiger partial charge in [0.1, 0.15) is 0 Å². The van der Waals surface area contributed by atoms with Gasteiger partial charge in [0.25, 0.3) is 0 Å². The largest absolute Gasteiger partial charge is 0.243 e. The Morgan fingerprint density at radius 1 is 1.10 bits per heavy atom. The third-order valence-corrected chi connectivity index (χ3v) is 5.84. The molecule has 1 heterocycles. The van der Waals surface area contributed by atoms with Crippen LogP contribution in [0.25, 0.3) is 10.8 Å². The first-order valence-electron chi connectivity index (χ1n) is 7.06. The first kappa shape index (κ1) is 13.6. The van der Waals surface area contributed by atoms with Crippen molar-refractivity contribution in [3.8, 4) is 0 Å². The van der Waals surface area contributed by atoms with Gasteiger partial charge in [-0.2, -0.15) is 4.31 Å². The number of hydrogen-bond acceptors (Lipinski definition) is 2. The fraction of sp³-hybridized carbons (Fsp3) is 0.375. The van der Waals surface area contributed by atoms with Crippen LogP contribution in [-0.2, 0) is 10.0 Å². The molecule has 3 nitrogen and oxygen atoms in total. The molecule has 2 aromatic carbocycles. The van der Waals surface area contributed by atoms with Crippen molar-refractivity contribution in [3.63, 3.8) is 0 Å². The van der Waals surface area contributed by atoms with Crippen molar-refractivity contribution < 1.29 is 8.42 Å². The summed E-state index contributed by atoms with van der Waals surface area (Å²) in [6.45, 7) is 3.39. The highest BCUT2D eigenvalue weighted by Crippen LogP contribution is 2.25. The Labute approximate surface area is 120 Å². The predicted molar refractivity (Wildman–Crippen MR) is 81.1 cm³/mol. The van der Waals surface area contributed by atoms with Crippen molar-refractivity contribution in [2.75, 3.05) is 13.1 Å². The second kappa shape index (κ2) is 5.19. The molecule has 0 aliphatic carbocycles. The summed E-state index contributed by atoms with van der Waals surface area (Å²) in [6, 6.07) is 13.2. The van der Waals surface area contributed by atoms with Gasteiger partial charge in [-0.25, -0.2) is 8.42 Å². The molecule has 0 N–H and O–H groups in total. The van der Waals surface area contributed by atoms with E-state index in [9.17, 15) is 8.42 Å². The van der Waals surface area contributed by atoms with E-state index in [4.69, 9.17) is 0 Å². The van der Waals surface area contributed by atoms with Crippen LogP contribution in [0.2, 0.25) is 0 Å². The van der Waals surface area contributed by atoms with Gasteiger partial charge in [0.15, 0.2) is 0 Å². The molecule has 1 fully saturated rings. The Morgan fingerprint density at radius 2 is 1.85 bits per heavy atom. The molecule has 0 saturated carbocycles. The molecule has 1 saturated heterocycles. The zero-order valence-corrected chi connectivity index (χ0v) is 12.4. The van der Waals surface area contributed by atoms with E-state index in [0.29, 0.717) is 23.9 Å². The van der Waals surface area contributed by atoms with Crippen LogP contribution < -0.4 is 0 Å². The Balaban J connectivity index is 2.00. The van der Waals surface area contributed by atoms with Crippen LogP contribution in [-0.4, -0.2) is 25.8 Å². The maximum Gasteiger partial charge on any atom is 0.243 e. The van der Waals surface area contributed by atoms with Gasteiger partial charge < -0.3 is 0 Å². The molecule has 0 bridgehead atoms. The predicted octanol–water partition coefficient (Wildman–Crippen LogP) is 3.26. The number of rotatable bonds is 2. The van der Waals surface area contributed by atoms with Crippen molar-refractivity contribution in [1.82, 2.24) is 4.31 Å². The summed E-state index contributed by atoms with van der Waals surface area (Å²) in [6.07, 6.45) is 2.07. The molecule has 106 valence electrons. The smallest absolute Gasteiger partial charge is 0.207 e. The van der Waals surface area contributed by atoms with E-state index < -0.39 is 10.0 Å². The molecule has 0 amide bonds. The van der Waals surface area contributed by atoms with E-state index >= 15 is 0 Å². The van der Waals surface area contributed by atoms with Gasteiger partial charge in [0.2, 0.25) is 10.0 Å². The number of fused-ring (bicyclic) bond motifs is 1. The van der Waals surface area contributed by atoms with Crippen molar-refractivity contribution in [3.05, 3.63) is 42.5 Å². The lowest BCUT2D eigenvalue weighted by atomic mass is 10.0. The number of piperidine rings is 1. The Morgan fingerprint density at radius 3 is 2.60 bits per heavy atom. The summed E-state index contributed by atoms with van der Waals surface area (Å²) in [5, 5.41) is 2.04. The standard InChI is InChI=1S/C16H19NO2S/c1-13-5-4-10-17(12-13)20(18,19)16-9-8-14-6-2-3-7-15(14)11-16/h2-3,6-9,11,13H,4-5,10,12H2,1H3. The van der Waals surface area contributed by atoms with Crippen LogP contribution in [0.3, 0.4) is 0 Å². The molecule has 4 heteroatoms. The normalized spacial score (nSPS) is 21.1.